The molecule has 1 fully saturated rings. The van der Waals surface area contributed by atoms with Crippen LogP contribution < -0.4 is 15.5 Å². The topological polar surface area (TPSA) is 61.4 Å². The van der Waals surface area contributed by atoms with E-state index in [2.05, 4.69) is 5.32 Å². The second kappa shape index (κ2) is 6.67. The first-order valence-electron chi connectivity index (χ1n) is 6.83. The van der Waals surface area contributed by atoms with Crippen molar-refractivity contribution < 1.29 is 22.8 Å². The van der Waals surface area contributed by atoms with E-state index in [1.165, 1.54) is 0 Å². The Kier molecular flexibility index (Phi) is 4.89. The van der Waals surface area contributed by atoms with E-state index in [9.17, 15) is 22.8 Å². The van der Waals surface area contributed by atoms with Gasteiger partial charge in [0.15, 0.2) is 0 Å². The Labute approximate surface area is 125 Å². The van der Waals surface area contributed by atoms with Crippen LogP contribution in [0.2, 0.25) is 0 Å². The van der Waals surface area contributed by atoms with Gasteiger partial charge < -0.3 is 15.5 Å². The van der Waals surface area contributed by atoms with Crippen molar-refractivity contribution in [3.63, 3.8) is 0 Å². The fourth-order valence-electron chi connectivity index (χ4n) is 2.14. The minimum absolute atomic E-state index is 0.0809. The quantitative estimate of drug-likeness (QED) is 0.894. The number of nitrogens with zero attached hydrogens (tertiary/aromatic N) is 1. The van der Waals surface area contributed by atoms with Crippen molar-refractivity contribution >= 4 is 17.6 Å². The molecule has 8 heteroatoms. The summed E-state index contributed by atoms with van der Waals surface area (Å²) in [5.74, 6) is 0.0809. The van der Waals surface area contributed by atoms with Crippen LogP contribution >= 0.6 is 0 Å². The van der Waals surface area contributed by atoms with E-state index >= 15 is 0 Å². The van der Waals surface area contributed by atoms with Crippen molar-refractivity contribution in [3.05, 3.63) is 29.8 Å². The minimum atomic E-state index is -4.43. The molecule has 1 saturated heterocycles. The fourth-order valence-corrected chi connectivity index (χ4v) is 2.14. The number of anilines is 1. The number of urea groups is 1. The fraction of sp³-hybridized carbons (Fsp3) is 0.429. The summed E-state index contributed by atoms with van der Waals surface area (Å²) < 4.78 is 35.8. The number of nitrogens with one attached hydrogen (secondary N) is 2. The van der Waals surface area contributed by atoms with Crippen molar-refractivity contribution in [2.24, 2.45) is 0 Å². The van der Waals surface area contributed by atoms with Crippen LogP contribution in [0, 0.1) is 0 Å². The Morgan fingerprint density at radius 3 is 2.41 bits per heavy atom. The average Bonchev–Trinajstić information content (AvgIpc) is 2.89. The SMILES string of the molecule is O=C(NCc1ccc(N2CCCC2=O)cc1)NCC(F)(F)F. The summed E-state index contributed by atoms with van der Waals surface area (Å²) >= 11 is 0. The lowest BCUT2D eigenvalue weighted by Crippen LogP contribution is -2.40. The van der Waals surface area contributed by atoms with E-state index in [1.54, 1.807) is 34.5 Å². The Balaban J connectivity index is 1.81. The Morgan fingerprint density at radius 1 is 1.18 bits per heavy atom. The van der Waals surface area contributed by atoms with Gasteiger partial charge in [0.1, 0.15) is 6.54 Å². The third-order valence-electron chi connectivity index (χ3n) is 3.22. The summed E-state index contributed by atoms with van der Waals surface area (Å²) in [6, 6.07) is 6.09. The summed E-state index contributed by atoms with van der Waals surface area (Å²) in [4.78, 5) is 24.5. The summed E-state index contributed by atoms with van der Waals surface area (Å²) in [5.41, 5.74) is 1.52. The van der Waals surface area contributed by atoms with Crippen LogP contribution in [-0.4, -0.2) is 31.2 Å². The molecule has 1 aliphatic heterocycles. The van der Waals surface area contributed by atoms with Crippen molar-refractivity contribution in [1.82, 2.24) is 10.6 Å². The molecule has 0 aliphatic carbocycles. The minimum Gasteiger partial charge on any atom is -0.334 e. The highest BCUT2D eigenvalue weighted by atomic mass is 19.4. The van der Waals surface area contributed by atoms with Gasteiger partial charge >= 0.3 is 12.2 Å². The van der Waals surface area contributed by atoms with Gasteiger partial charge in [-0.3, -0.25) is 4.79 Å². The number of halogens is 3. The number of carbonyl (C=O) groups excluding carboxylic acids is 2. The normalized spacial score (nSPS) is 15.0. The van der Waals surface area contributed by atoms with Gasteiger partial charge in [-0.15, -0.1) is 0 Å². The zero-order valence-corrected chi connectivity index (χ0v) is 11.7. The Hall–Kier alpha value is -2.25. The highest BCUT2D eigenvalue weighted by Gasteiger charge is 2.27. The number of benzene rings is 1. The van der Waals surface area contributed by atoms with Crippen LogP contribution in [0.1, 0.15) is 18.4 Å². The monoisotopic (exact) mass is 315 g/mol. The molecule has 0 aromatic heterocycles. The van der Waals surface area contributed by atoms with E-state index in [1.807, 2.05) is 0 Å². The zero-order valence-electron chi connectivity index (χ0n) is 11.7. The second-order valence-electron chi connectivity index (χ2n) is 4.97. The van der Waals surface area contributed by atoms with Crippen molar-refractivity contribution in [1.29, 1.82) is 0 Å². The molecule has 1 aromatic carbocycles. The largest absolute Gasteiger partial charge is 0.405 e. The highest BCUT2D eigenvalue weighted by molar-refractivity contribution is 5.95. The molecule has 1 heterocycles. The number of rotatable bonds is 4. The molecule has 3 amide bonds. The van der Waals surface area contributed by atoms with E-state index in [0.29, 0.717) is 13.0 Å². The molecule has 0 spiro atoms. The van der Waals surface area contributed by atoms with Crippen LogP contribution in [0.15, 0.2) is 24.3 Å². The number of hydrogen-bond donors (Lipinski definition) is 2. The van der Waals surface area contributed by atoms with Crippen LogP contribution in [-0.2, 0) is 11.3 Å². The van der Waals surface area contributed by atoms with Crippen LogP contribution in [0.25, 0.3) is 0 Å². The summed E-state index contributed by atoms with van der Waals surface area (Å²) in [6.45, 7) is -0.566. The molecular weight excluding hydrogens is 299 g/mol. The van der Waals surface area contributed by atoms with Crippen LogP contribution in [0.3, 0.4) is 0 Å². The average molecular weight is 315 g/mol. The van der Waals surface area contributed by atoms with Gasteiger partial charge in [-0.25, -0.2) is 4.79 Å². The lowest BCUT2D eigenvalue weighted by atomic mass is 10.2. The van der Waals surface area contributed by atoms with Gasteiger partial charge in [0, 0.05) is 25.2 Å². The van der Waals surface area contributed by atoms with E-state index in [0.717, 1.165) is 17.7 Å². The highest BCUT2D eigenvalue weighted by Crippen LogP contribution is 2.21. The maximum Gasteiger partial charge on any atom is 0.405 e. The van der Waals surface area contributed by atoms with Gasteiger partial charge in [-0.05, 0) is 24.1 Å². The van der Waals surface area contributed by atoms with Crippen LogP contribution in [0.4, 0.5) is 23.7 Å². The van der Waals surface area contributed by atoms with Crippen molar-refractivity contribution in [2.45, 2.75) is 25.6 Å². The van der Waals surface area contributed by atoms with Crippen LogP contribution in [0.5, 0.6) is 0 Å². The van der Waals surface area contributed by atoms with Gasteiger partial charge in [0.05, 0.1) is 0 Å². The predicted molar refractivity (Wildman–Crippen MR) is 74.3 cm³/mol. The maximum absolute atomic E-state index is 11.9. The molecule has 0 unspecified atom stereocenters. The molecule has 1 aromatic rings. The molecule has 2 N–H and O–H groups in total. The zero-order chi connectivity index (χ0) is 16.2. The molecule has 5 nitrogen and oxygen atoms in total. The second-order valence-corrected chi connectivity index (χ2v) is 4.97. The van der Waals surface area contributed by atoms with Gasteiger partial charge in [0.25, 0.3) is 0 Å². The molecule has 2 rings (SSSR count). The smallest absolute Gasteiger partial charge is 0.334 e. The molecule has 0 saturated carbocycles. The molecule has 1 aliphatic rings. The van der Waals surface area contributed by atoms with Gasteiger partial charge in [-0.2, -0.15) is 13.2 Å². The van der Waals surface area contributed by atoms with E-state index in [4.69, 9.17) is 0 Å². The summed E-state index contributed by atoms with van der Waals surface area (Å²) in [6.07, 6.45) is -3.05. The molecule has 0 radical (unpaired) electrons. The van der Waals surface area contributed by atoms with Crippen molar-refractivity contribution in [2.75, 3.05) is 18.0 Å². The molecule has 22 heavy (non-hydrogen) atoms. The molecule has 120 valence electrons. The predicted octanol–water partition coefficient (Wildman–Crippen LogP) is 2.17. The van der Waals surface area contributed by atoms with Gasteiger partial charge in [-0.1, -0.05) is 12.1 Å². The number of carbonyl (C=O) groups is 2. The first-order chi connectivity index (χ1) is 10.3. The molecule has 0 bridgehead atoms. The lowest BCUT2D eigenvalue weighted by molar-refractivity contribution is -0.122. The standard InChI is InChI=1S/C14H16F3N3O2/c15-14(16,17)9-19-13(22)18-8-10-3-5-11(6-4-10)20-7-1-2-12(20)21/h3-6H,1-2,7-9H2,(H2,18,19,22). The number of amides is 3. The molecular formula is C14H16F3N3O2. The van der Waals surface area contributed by atoms with Crippen molar-refractivity contribution in [3.8, 4) is 0 Å². The number of alkyl halides is 3. The summed E-state index contributed by atoms with van der Waals surface area (Å²) in [7, 11) is 0. The number of hydrogen-bond acceptors (Lipinski definition) is 2. The molecule has 0 atom stereocenters. The third-order valence-corrected chi connectivity index (χ3v) is 3.22. The maximum atomic E-state index is 11.9. The Morgan fingerprint density at radius 2 is 1.86 bits per heavy atom. The third kappa shape index (κ3) is 4.64. The first-order valence-corrected chi connectivity index (χ1v) is 6.83. The lowest BCUT2D eigenvalue weighted by Gasteiger charge is -2.16. The Bertz CT molecular complexity index is 543. The van der Waals surface area contributed by atoms with E-state index in [-0.39, 0.29) is 12.5 Å². The first kappa shape index (κ1) is 16.1. The van der Waals surface area contributed by atoms with E-state index < -0.39 is 18.8 Å². The van der Waals surface area contributed by atoms with Gasteiger partial charge in [0.2, 0.25) is 5.91 Å². The summed E-state index contributed by atoms with van der Waals surface area (Å²) in [5, 5.41) is 4.07.